The first-order valence-corrected chi connectivity index (χ1v) is 12.7. The van der Waals surface area contributed by atoms with Gasteiger partial charge in [0, 0.05) is 23.8 Å². The van der Waals surface area contributed by atoms with Crippen molar-refractivity contribution in [2.45, 2.75) is 71.6 Å². The predicted molar refractivity (Wildman–Crippen MR) is 127 cm³/mol. The van der Waals surface area contributed by atoms with Gasteiger partial charge in [0.1, 0.15) is 5.78 Å². The van der Waals surface area contributed by atoms with Gasteiger partial charge < -0.3 is 20.4 Å². The van der Waals surface area contributed by atoms with E-state index in [0.717, 1.165) is 43.7 Å². The standard InChI is InChI=1S/C28H34O7/c1-13(29)18-6-7-19-16-5-4-14-10-15(30)11-21(28(14,3)20(16)8-9-27(18,19)2)23-17(26(34)35)12-22(31)24(32)25(23)33/h10,12,16,18-21,31-33H,4-9,11H2,1-3H3,(H,34,35)/t16-,18+,19-,20-,21?,27+,28-/m0/s1. The van der Waals surface area contributed by atoms with Crippen LogP contribution in [0.4, 0.5) is 0 Å². The van der Waals surface area contributed by atoms with E-state index in [2.05, 4.69) is 13.8 Å². The molecule has 5 rings (SSSR count). The largest absolute Gasteiger partial charge is 0.504 e. The van der Waals surface area contributed by atoms with E-state index in [1.165, 1.54) is 0 Å². The Hall–Kier alpha value is -2.83. The minimum absolute atomic E-state index is 0.0243. The van der Waals surface area contributed by atoms with E-state index in [4.69, 9.17) is 0 Å². The number of ketones is 2. The Morgan fingerprint density at radius 3 is 2.37 bits per heavy atom. The lowest BCUT2D eigenvalue weighted by Crippen LogP contribution is -2.53. The molecule has 1 aromatic rings. The summed E-state index contributed by atoms with van der Waals surface area (Å²) in [6.45, 7) is 6.04. The van der Waals surface area contributed by atoms with Crippen LogP contribution in [-0.2, 0) is 9.59 Å². The van der Waals surface area contributed by atoms with Crippen molar-refractivity contribution >= 4 is 17.5 Å². The fourth-order valence-corrected chi connectivity index (χ4v) is 8.90. The number of phenolic OH excluding ortho intramolecular Hbond substituents is 3. The second-order valence-electron chi connectivity index (χ2n) is 11.7. The number of hydrogen-bond acceptors (Lipinski definition) is 6. The molecule has 0 heterocycles. The summed E-state index contributed by atoms with van der Waals surface area (Å²) in [6, 6.07) is 0.964. The van der Waals surface area contributed by atoms with Gasteiger partial charge in [-0.1, -0.05) is 19.4 Å². The quantitative estimate of drug-likeness (QED) is 0.449. The van der Waals surface area contributed by atoms with Crippen LogP contribution in [0.1, 0.15) is 87.6 Å². The molecule has 3 fully saturated rings. The van der Waals surface area contributed by atoms with Gasteiger partial charge in [0.05, 0.1) is 5.56 Å². The molecule has 1 unspecified atom stereocenters. The lowest BCUT2D eigenvalue weighted by atomic mass is 9.44. The summed E-state index contributed by atoms with van der Waals surface area (Å²) < 4.78 is 0. The fourth-order valence-electron chi connectivity index (χ4n) is 8.90. The topological polar surface area (TPSA) is 132 Å². The summed E-state index contributed by atoms with van der Waals surface area (Å²) in [4.78, 5) is 37.5. The highest BCUT2D eigenvalue weighted by Gasteiger charge is 2.62. The SMILES string of the molecule is CC(=O)[C@H]1CC[C@H]2[C@@H]3CCC4=CC(=O)CC(c5c(C(=O)O)cc(O)c(O)c5O)[C@]4(C)[C@H]3CC[C@]12C. The maximum absolute atomic E-state index is 12.8. The lowest BCUT2D eigenvalue weighted by molar-refractivity contribution is -0.129. The van der Waals surface area contributed by atoms with E-state index in [-0.39, 0.29) is 46.4 Å². The first-order chi connectivity index (χ1) is 16.4. The van der Waals surface area contributed by atoms with Gasteiger partial charge in [-0.2, -0.15) is 0 Å². The van der Waals surface area contributed by atoms with Gasteiger partial charge in [0.25, 0.3) is 0 Å². The van der Waals surface area contributed by atoms with Crippen molar-refractivity contribution < 1.29 is 34.8 Å². The van der Waals surface area contributed by atoms with Crippen molar-refractivity contribution in [1.82, 2.24) is 0 Å². The van der Waals surface area contributed by atoms with E-state index in [1.807, 2.05) is 0 Å². The van der Waals surface area contributed by atoms with Crippen molar-refractivity contribution in [2.75, 3.05) is 0 Å². The Bertz CT molecular complexity index is 1170. The average Bonchev–Trinajstić information content (AvgIpc) is 3.15. The molecule has 3 saturated carbocycles. The van der Waals surface area contributed by atoms with Crippen molar-refractivity contribution in [3.8, 4) is 17.2 Å². The van der Waals surface area contributed by atoms with E-state index in [9.17, 15) is 34.8 Å². The van der Waals surface area contributed by atoms with Gasteiger partial charge in [-0.05, 0) is 86.2 Å². The molecule has 0 aromatic heterocycles. The summed E-state index contributed by atoms with van der Waals surface area (Å²) in [6.07, 6.45) is 7.02. The summed E-state index contributed by atoms with van der Waals surface area (Å²) >= 11 is 0. The molecular weight excluding hydrogens is 448 g/mol. The molecule has 0 spiro atoms. The van der Waals surface area contributed by atoms with Gasteiger partial charge in [0.2, 0.25) is 5.75 Å². The molecule has 0 aliphatic heterocycles. The molecule has 4 N–H and O–H groups in total. The molecule has 4 aliphatic carbocycles. The Kier molecular flexibility index (Phi) is 5.35. The number of carbonyl (C=O) groups excluding carboxylic acids is 2. The fraction of sp³-hybridized carbons (Fsp3) is 0.607. The molecule has 0 amide bonds. The number of fused-ring (bicyclic) bond motifs is 5. The summed E-state index contributed by atoms with van der Waals surface area (Å²) in [5, 5.41) is 41.1. The zero-order chi connectivity index (χ0) is 25.4. The van der Waals surface area contributed by atoms with Crippen LogP contribution in [0.25, 0.3) is 0 Å². The number of carboxylic acids is 1. The minimum atomic E-state index is -1.33. The van der Waals surface area contributed by atoms with Crippen molar-refractivity contribution in [2.24, 2.45) is 34.5 Å². The monoisotopic (exact) mass is 482 g/mol. The van der Waals surface area contributed by atoms with Crippen molar-refractivity contribution in [1.29, 1.82) is 0 Å². The van der Waals surface area contributed by atoms with Crippen LogP contribution in [0.3, 0.4) is 0 Å². The second kappa shape index (κ2) is 7.84. The number of hydrogen-bond donors (Lipinski definition) is 4. The number of carboxylic acid groups (broad SMARTS) is 1. The molecule has 1 aromatic carbocycles. The van der Waals surface area contributed by atoms with Crippen LogP contribution in [0.2, 0.25) is 0 Å². The first kappa shape index (κ1) is 23.9. The van der Waals surface area contributed by atoms with Crippen molar-refractivity contribution in [3.05, 3.63) is 28.8 Å². The van der Waals surface area contributed by atoms with Gasteiger partial charge in [-0.3, -0.25) is 9.59 Å². The average molecular weight is 483 g/mol. The zero-order valence-corrected chi connectivity index (χ0v) is 20.5. The van der Waals surface area contributed by atoms with Gasteiger partial charge in [-0.25, -0.2) is 4.79 Å². The third-order valence-corrected chi connectivity index (χ3v) is 10.5. The van der Waals surface area contributed by atoms with Crippen LogP contribution in [0, 0.1) is 34.5 Å². The van der Waals surface area contributed by atoms with Gasteiger partial charge in [-0.15, -0.1) is 0 Å². The third kappa shape index (κ3) is 3.19. The molecule has 35 heavy (non-hydrogen) atoms. The number of allylic oxidation sites excluding steroid dienone is 1. The Balaban J connectivity index is 1.65. The van der Waals surface area contributed by atoms with Crippen LogP contribution in [0.15, 0.2) is 17.7 Å². The van der Waals surface area contributed by atoms with Crippen LogP contribution in [0.5, 0.6) is 17.2 Å². The molecule has 0 bridgehead atoms. The van der Waals surface area contributed by atoms with Gasteiger partial charge in [0.15, 0.2) is 17.3 Å². The van der Waals surface area contributed by atoms with E-state index in [1.54, 1.807) is 13.0 Å². The molecule has 7 heteroatoms. The van der Waals surface area contributed by atoms with Crippen LogP contribution >= 0.6 is 0 Å². The van der Waals surface area contributed by atoms with E-state index < -0.39 is 34.6 Å². The Morgan fingerprint density at radius 1 is 1.00 bits per heavy atom. The summed E-state index contributed by atoms with van der Waals surface area (Å²) in [5.74, 6) is -3.04. The lowest BCUT2D eigenvalue weighted by Gasteiger charge is -2.60. The molecule has 7 nitrogen and oxygen atoms in total. The highest BCUT2D eigenvalue weighted by atomic mass is 16.4. The highest BCUT2D eigenvalue weighted by molar-refractivity contribution is 5.95. The number of phenols is 3. The van der Waals surface area contributed by atoms with Crippen LogP contribution < -0.4 is 0 Å². The number of aromatic hydroxyl groups is 3. The Labute approximate surface area is 204 Å². The molecule has 4 aliphatic rings. The van der Waals surface area contributed by atoms with Gasteiger partial charge >= 0.3 is 5.97 Å². The molecule has 188 valence electrons. The minimum Gasteiger partial charge on any atom is -0.504 e. The first-order valence-electron chi connectivity index (χ1n) is 12.7. The number of Topliss-reactive ketones (excluding diaryl/α,β-unsaturated/α-hetero) is 1. The number of rotatable bonds is 3. The number of benzene rings is 1. The maximum atomic E-state index is 12.8. The number of aromatic carboxylic acids is 1. The van der Waals surface area contributed by atoms with Crippen LogP contribution in [-0.4, -0.2) is 38.0 Å². The normalized spacial score (nSPS) is 38.2. The zero-order valence-electron chi connectivity index (χ0n) is 20.5. The highest BCUT2D eigenvalue weighted by Crippen LogP contribution is 2.69. The predicted octanol–water partition coefficient (Wildman–Crippen LogP) is 4.93. The second-order valence-corrected chi connectivity index (χ2v) is 11.7. The summed E-state index contributed by atoms with van der Waals surface area (Å²) in [5.41, 5.74) is 0.0791. The summed E-state index contributed by atoms with van der Waals surface area (Å²) in [7, 11) is 0. The molecule has 0 saturated heterocycles. The van der Waals surface area contributed by atoms with Crippen molar-refractivity contribution in [3.63, 3.8) is 0 Å². The molecular formula is C28H34O7. The maximum Gasteiger partial charge on any atom is 0.336 e. The Morgan fingerprint density at radius 2 is 1.71 bits per heavy atom. The molecule has 7 atom stereocenters. The van der Waals surface area contributed by atoms with E-state index >= 15 is 0 Å². The molecule has 0 radical (unpaired) electrons. The number of carbonyl (C=O) groups is 3. The smallest absolute Gasteiger partial charge is 0.336 e. The third-order valence-electron chi connectivity index (χ3n) is 10.5. The van der Waals surface area contributed by atoms with E-state index in [0.29, 0.717) is 18.3 Å².